The van der Waals surface area contributed by atoms with Crippen molar-refractivity contribution in [1.29, 1.82) is 0 Å². The number of ketones is 1. The van der Waals surface area contributed by atoms with Crippen LogP contribution in [0, 0.1) is 0 Å². The third-order valence-corrected chi connectivity index (χ3v) is 3.73. The Morgan fingerprint density at radius 1 is 1.33 bits per heavy atom. The number of aromatic hydroxyl groups is 2. The summed E-state index contributed by atoms with van der Waals surface area (Å²) in [6, 6.07) is 4.21. The smallest absolute Gasteiger partial charge is 0.176 e. The Morgan fingerprint density at radius 3 is 2.67 bits per heavy atom. The van der Waals surface area contributed by atoms with Gasteiger partial charge in [-0.2, -0.15) is 0 Å². The minimum atomic E-state index is -0.407. The first-order valence-corrected chi connectivity index (χ1v) is 6.99. The summed E-state index contributed by atoms with van der Waals surface area (Å²) in [6.45, 7) is 1.46. The van der Waals surface area contributed by atoms with E-state index in [0.29, 0.717) is 18.5 Å². The summed E-state index contributed by atoms with van der Waals surface area (Å²) in [4.78, 5) is 16.3. The van der Waals surface area contributed by atoms with Crippen LogP contribution in [-0.4, -0.2) is 76.8 Å². The number of aliphatic hydroxyl groups excluding tert-OH is 1. The molecule has 1 aromatic rings. The van der Waals surface area contributed by atoms with Gasteiger partial charge >= 0.3 is 0 Å². The predicted octanol–water partition coefficient (Wildman–Crippen LogP) is 0.277. The van der Waals surface area contributed by atoms with Crippen molar-refractivity contribution in [3.63, 3.8) is 0 Å². The lowest BCUT2D eigenvalue weighted by Gasteiger charge is -2.26. The first kappa shape index (κ1) is 15.8. The molecule has 0 aliphatic carbocycles. The van der Waals surface area contributed by atoms with E-state index < -0.39 is 6.10 Å². The molecule has 2 atom stereocenters. The third kappa shape index (κ3) is 3.93. The van der Waals surface area contributed by atoms with E-state index in [9.17, 15) is 20.1 Å². The van der Waals surface area contributed by atoms with Gasteiger partial charge in [0.05, 0.1) is 12.6 Å². The number of phenolic OH excluding ortho intramolecular Hbond substituents is 2. The first-order valence-electron chi connectivity index (χ1n) is 6.99. The minimum Gasteiger partial charge on any atom is -0.504 e. The summed E-state index contributed by atoms with van der Waals surface area (Å²) >= 11 is 0. The molecule has 1 heterocycles. The number of hydrogen-bond acceptors (Lipinski definition) is 6. The molecule has 116 valence electrons. The molecule has 2 unspecified atom stereocenters. The van der Waals surface area contributed by atoms with Gasteiger partial charge in [-0.25, -0.2) is 0 Å². The van der Waals surface area contributed by atoms with Gasteiger partial charge in [0, 0.05) is 24.7 Å². The number of aliphatic hydroxyl groups is 1. The molecule has 6 nitrogen and oxygen atoms in total. The van der Waals surface area contributed by atoms with Gasteiger partial charge in [0.25, 0.3) is 0 Å². The fourth-order valence-electron chi connectivity index (χ4n) is 2.74. The van der Waals surface area contributed by atoms with Gasteiger partial charge in [0.2, 0.25) is 0 Å². The van der Waals surface area contributed by atoms with Crippen molar-refractivity contribution in [3.05, 3.63) is 23.8 Å². The van der Waals surface area contributed by atoms with Gasteiger partial charge < -0.3 is 20.2 Å². The maximum Gasteiger partial charge on any atom is 0.176 e. The summed E-state index contributed by atoms with van der Waals surface area (Å²) in [6.07, 6.45) is 0.253. The Hall–Kier alpha value is -1.63. The van der Waals surface area contributed by atoms with E-state index >= 15 is 0 Å². The first-order chi connectivity index (χ1) is 9.86. The molecule has 0 aromatic heterocycles. The molecule has 0 saturated carbocycles. The summed E-state index contributed by atoms with van der Waals surface area (Å²) in [7, 11) is 3.92. The van der Waals surface area contributed by atoms with Crippen molar-refractivity contribution in [2.24, 2.45) is 0 Å². The molecule has 0 amide bonds. The number of hydrogen-bond donors (Lipinski definition) is 3. The van der Waals surface area contributed by atoms with Crippen molar-refractivity contribution in [2.45, 2.75) is 18.6 Å². The number of Topliss-reactive ketones (excluding diaryl/α,β-unsaturated/α-hetero) is 1. The number of nitrogens with zero attached hydrogens (tertiary/aromatic N) is 2. The van der Waals surface area contributed by atoms with Gasteiger partial charge in [0.1, 0.15) is 0 Å². The van der Waals surface area contributed by atoms with Crippen molar-refractivity contribution in [3.8, 4) is 11.5 Å². The topological polar surface area (TPSA) is 84.2 Å². The summed E-state index contributed by atoms with van der Waals surface area (Å²) in [5, 5.41) is 28.5. The highest BCUT2D eigenvalue weighted by atomic mass is 16.3. The standard InChI is InChI=1S/C15H22N2O4/c1-16(2)7-11-6-12(18)8-17(11)9-15(21)10-3-4-13(19)14(20)5-10/h3-5,11-12,18-20H,6-9H2,1-2H3. The monoisotopic (exact) mass is 294 g/mol. The van der Waals surface area contributed by atoms with Gasteiger partial charge in [-0.1, -0.05) is 0 Å². The molecule has 21 heavy (non-hydrogen) atoms. The quantitative estimate of drug-likeness (QED) is 0.534. The van der Waals surface area contributed by atoms with Gasteiger partial charge in [-0.05, 0) is 38.7 Å². The van der Waals surface area contributed by atoms with Crippen molar-refractivity contribution >= 4 is 5.78 Å². The second kappa shape index (κ2) is 6.43. The van der Waals surface area contributed by atoms with Crippen LogP contribution >= 0.6 is 0 Å². The zero-order valence-corrected chi connectivity index (χ0v) is 12.4. The Labute approximate surface area is 124 Å². The van der Waals surface area contributed by atoms with Crippen LogP contribution in [0.1, 0.15) is 16.8 Å². The lowest BCUT2D eigenvalue weighted by Crippen LogP contribution is -2.40. The second-order valence-electron chi connectivity index (χ2n) is 5.86. The number of phenols is 2. The Kier molecular flexibility index (Phi) is 4.82. The molecular formula is C15H22N2O4. The van der Waals surface area contributed by atoms with Crippen molar-refractivity contribution in [1.82, 2.24) is 9.80 Å². The molecule has 1 saturated heterocycles. The van der Waals surface area contributed by atoms with Gasteiger partial charge in [-0.15, -0.1) is 0 Å². The highest BCUT2D eigenvalue weighted by molar-refractivity contribution is 5.98. The molecule has 1 aliphatic heterocycles. The Balaban J connectivity index is 2.05. The average Bonchev–Trinajstić information content (AvgIpc) is 2.71. The predicted molar refractivity (Wildman–Crippen MR) is 78.6 cm³/mol. The SMILES string of the molecule is CN(C)CC1CC(O)CN1CC(=O)c1ccc(O)c(O)c1. The normalized spacial score (nSPS) is 22.9. The molecule has 0 bridgehead atoms. The molecule has 3 N–H and O–H groups in total. The minimum absolute atomic E-state index is 0.136. The fraction of sp³-hybridized carbons (Fsp3) is 0.533. The van der Waals surface area contributed by atoms with E-state index in [-0.39, 0.29) is 29.9 Å². The number of benzene rings is 1. The largest absolute Gasteiger partial charge is 0.504 e. The van der Waals surface area contributed by atoms with E-state index in [1.165, 1.54) is 18.2 Å². The third-order valence-electron chi connectivity index (χ3n) is 3.73. The maximum absolute atomic E-state index is 12.3. The van der Waals surface area contributed by atoms with Crippen LogP contribution in [-0.2, 0) is 0 Å². The number of likely N-dealkylation sites (N-methyl/N-ethyl adjacent to an activating group) is 1. The van der Waals surface area contributed by atoms with Crippen molar-refractivity contribution < 1.29 is 20.1 Å². The van der Waals surface area contributed by atoms with Gasteiger partial charge in [-0.3, -0.25) is 9.69 Å². The molecule has 0 spiro atoms. The average molecular weight is 294 g/mol. The zero-order chi connectivity index (χ0) is 15.6. The molecule has 1 fully saturated rings. The molecule has 1 aliphatic rings. The van der Waals surface area contributed by atoms with Gasteiger partial charge in [0.15, 0.2) is 17.3 Å². The fourth-order valence-corrected chi connectivity index (χ4v) is 2.74. The Bertz CT molecular complexity index is 518. The molecule has 1 aromatic carbocycles. The maximum atomic E-state index is 12.3. The Morgan fingerprint density at radius 2 is 2.05 bits per heavy atom. The molecule has 0 radical (unpaired) electrons. The van der Waals surface area contributed by atoms with E-state index in [1.54, 1.807) is 0 Å². The van der Waals surface area contributed by atoms with E-state index in [4.69, 9.17) is 0 Å². The number of carbonyl (C=O) groups excluding carboxylic acids is 1. The number of rotatable bonds is 5. The summed E-state index contributed by atoms with van der Waals surface area (Å²) in [5.41, 5.74) is 0.357. The number of likely N-dealkylation sites (tertiary alicyclic amines) is 1. The van der Waals surface area contributed by atoms with E-state index in [0.717, 1.165) is 6.54 Å². The van der Waals surface area contributed by atoms with Crippen LogP contribution in [0.25, 0.3) is 0 Å². The second-order valence-corrected chi connectivity index (χ2v) is 5.86. The zero-order valence-electron chi connectivity index (χ0n) is 12.4. The van der Waals surface area contributed by atoms with E-state index in [2.05, 4.69) is 0 Å². The number of β-amino-alcohol motifs (C(OH)–C–C–N with tert-alkyl or cyclic N) is 1. The lowest BCUT2D eigenvalue weighted by atomic mass is 10.1. The molecule has 2 rings (SSSR count). The van der Waals surface area contributed by atoms with Crippen molar-refractivity contribution in [2.75, 3.05) is 33.7 Å². The highest BCUT2D eigenvalue weighted by Gasteiger charge is 2.32. The summed E-state index contributed by atoms with van der Waals surface area (Å²) < 4.78 is 0. The molecule has 6 heteroatoms. The van der Waals surface area contributed by atoms with Crippen LogP contribution in [0.4, 0.5) is 0 Å². The van der Waals surface area contributed by atoms with Crippen LogP contribution in [0.2, 0.25) is 0 Å². The van der Waals surface area contributed by atoms with Crippen LogP contribution in [0.3, 0.4) is 0 Å². The van der Waals surface area contributed by atoms with Crippen LogP contribution in [0.5, 0.6) is 11.5 Å². The molecular weight excluding hydrogens is 272 g/mol. The lowest BCUT2D eigenvalue weighted by molar-refractivity contribution is 0.0901. The van der Waals surface area contributed by atoms with Crippen LogP contribution in [0.15, 0.2) is 18.2 Å². The summed E-state index contributed by atoms with van der Waals surface area (Å²) in [5.74, 6) is -0.677. The van der Waals surface area contributed by atoms with Crippen LogP contribution < -0.4 is 0 Å². The number of carbonyl (C=O) groups is 1. The highest BCUT2D eigenvalue weighted by Crippen LogP contribution is 2.26. The van der Waals surface area contributed by atoms with E-state index in [1.807, 2.05) is 23.9 Å².